The van der Waals surface area contributed by atoms with E-state index in [1.807, 2.05) is 0 Å². The van der Waals surface area contributed by atoms with E-state index in [9.17, 15) is 9.59 Å². The second kappa shape index (κ2) is 5.84. The van der Waals surface area contributed by atoms with Gasteiger partial charge in [-0.3, -0.25) is 14.5 Å². The summed E-state index contributed by atoms with van der Waals surface area (Å²) in [5.74, 6) is 0.214. The van der Waals surface area contributed by atoms with Crippen LogP contribution in [0.25, 0.3) is 0 Å². The molecule has 1 unspecified atom stereocenters. The van der Waals surface area contributed by atoms with Crippen molar-refractivity contribution in [2.45, 2.75) is 70.3 Å². The molecular weight excluding hydrogens is 252 g/mol. The SMILES string of the molecule is O=C1CC2(CCCCC2)C(=O)N1CCC1CCCCN1. The molecule has 4 heteroatoms. The van der Waals surface area contributed by atoms with Crippen LogP contribution in [-0.4, -0.2) is 35.8 Å². The zero-order valence-electron chi connectivity index (χ0n) is 12.3. The maximum absolute atomic E-state index is 12.7. The summed E-state index contributed by atoms with van der Waals surface area (Å²) in [6.45, 7) is 1.70. The first-order valence-electron chi connectivity index (χ1n) is 8.29. The molecule has 1 saturated carbocycles. The van der Waals surface area contributed by atoms with Gasteiger partial charge in [0.25, 0.3) is 0 Å². The van der Waals surface area contributed by atoms with Crippen molar-refractivity contribution < 1.29 is 9.59 Å². The average Bonchev–Trinajstić information content (AvgIpc) is 2.70. The topological polar surface area (TPSA) is 49.4 Å². The van der Waals surface area contributed by atoms with Crippen molar-refractivity contribution in [2.24, 2.45) is 5.41 Å². The summed E-state index contributed by atoms with van der Waals surface area (Å²) in [5, 5.41) is 3.49. The lowest BCUT2D eigenvalue weighted by Crippen LogP contribution is -2.41. The molecule has 112 valence electrons. The molecule has 1 atom stereocenters. The molecule has 1 N–H and O–H groups in total. The molecule has 2 heterocycles. The van der Waals surface area contributed by atoms with E-state index in [0.29, 0.717) is 19.0 Å². The molecule has 0 aromatic heterocycles. The Morgan fingerprint density at radius 2 is 1.90 bits per heavy atom. The fourth-order valence-corrected chi connectivity index (χ4v) is 4.16. The highest BCUT2D eigenvalue weighted by atomic mass is 16.2. The molecule has 0 bridgehead atoms. The van der Waals surface area contributed by atoms with E-state index in [1.54, 1.807) is 4.90 Å². The average molecular weight is 278 g/mol. The van der Waals surface area contributed by atoms with Gasteiger partial charge in [-0.05, 0) is 38.6 Å². The molecule has 3 fully saturated rings. The van der Waals surface area contributed by atoms with E-state index in [1.165, 1.54) is 25.7 Å². The molecule has 20 heavy (non-hydrogen) atoms. The molecule has 4 nitrogen and oxygen atoms in total. The second-order valence-electron chi connectivity index (χ2n) is 6.80. The predicted molar refractivity (Wildman–Crippen MR) is 77.1 cm³/mol. The molecular formula is C16H26N2O2. The number of piperidine rings is 1. The van der Waals surface area contributed by atoms with Crippen LogP contribution in [0, 0.1) is 5.41 Å². The van der Waals surface area contributed by atoms with Crippen LogP contribution in [0.3, 0.4) is 0 Å². The Morgan fingerprint density at radius 3 is 2.60 bits per heavy atom. The van der Waals surface area contributed by atoms with E-state index in [-0.39, 0.29) is 17.2 Å². The first-order chi connectivity index (χ1) is 9.71. The van der Waals surface area contributed by atoms with Crippen LogP contribution in [0.15, 0.2) is 0 Å². The van der Waals surface area contributed by atoms with Gasteiger partial charge in [0.2, 0.25) is 11.8 Å². The number of hydrogen-bond donors (Lipinski definition) is 1. The lowest BCUT2D eigenvalue weighted by molar-refractivity contribution is -0.142. The van der Waals surface area contributed by atoms with Crippen LogP contribution in [0.5, 0.6) is 0 Å². The summed E-state index contributed by atoms with van der Waals surface area (Å²) >= 11 is 0. The van der Waals surface area contributed by atoms with Crippen LogP contribution >= 0.6 is 0 Å². The van der Waals surface area contributed by atoms with Crippen molar-refractivity contribution in [2.75, 3.05) is 13.1 Å². The van der Waals surface area contributed by atoms with Crippen molar-refractivity contribution in [3.05, 3.63) is 0 Å². The summed E-state index contributed by atoms with van der Waals surface area (Å²) in [5.41, 5.74) is -0.310. The highest BCUT2D eigenvalue weighted by Gasteiger charge is 2.51. The number of carbonyl (C=O) groups is 2. The van der Waals surface area contributed by atoms with Crippen LogP contribution in [0.4, 0.5) is 0 Å². The second-order valence-corrected chi connectivity index (χ2v) is 6.80. The lowest BCUT2D eigenvalue weighted by Gasteiger charge is -2.31. The maximum Gasteiger partial charge on any atom is 0.235 e. The van der Waals surface area contributed by atoms with Crippen LogP contribution in [0.1, 0.15) is 64.2 Å². The predicted octanol–water partition coefficient (Wildman–Crippen LogP) is 2.23. The van der Waals surface area contributed by atoms with Gasteiger partial charge in [-0.15, -0.1) is 0 Å². The maximum atomic E-state index is 12.7. The number of nitrogens with one attached hydrogen (secondary N) is 1. The third-order valence-electron chi connectivity index (χ3n) is 5.41. The first-order valence-corrected chi connectivity index (χ1v) is 8.29. The number of likely N-dealkylation sites (tertiary alicyclic amines) is 1. The van der Waals surface area contributed by atoms with Gasteiger partial charge in [-0.2, -0.15) is 0 Å². The third kappa shape index (κ3) is 2.62. The summed E-state index contributed by atoms with van der Waals surface area (Å²) < 4.78 is 0. The monoisotopic (exact) mass is 278 g/mol. The van der Waals surface area contributed by atoms with Gasteiger partial charge in [0.05, 0.1) is 5.41 Å². The minimum atomic E-state index is -0.310. The molecule has 0 aromatic carbocycles. The van der Waals surface area contributed by atoms with Gasteiger partial charge >= 0.3 is 0 Å². The van der Waals surface area contributed by atoms with E-state index in [4.69, 9.17) is 0 Å². The summed E-state index contributed by atoms with van der Waals surface area (Å²) in [6, 6.07) is 0.493. The molecule has 3 aliphatic rings. The number of nitrogens with zero attached hydrogens (tertiary/aromatic N) is 1. The van der Waals surface area contributed by atoms with Gasteiger partial charge in [0.1, 0.15) is 0 Å². The Morgan fingerprint density at radius 1 is 1.10 bits per heavy atom. The summed E-state index contributed by atoms with van der Waals surface area (Å²) in [4.78, 5) is 26.4. The normalized spacial score (nSPS) is 30.2. The Kier molecular flexibility index (Phi) is 4.11. The molecule has 0 radical (unpaired) electrons. The van der Waals surface area contributed by atoms with Crippen molar-refractivity contribution in [1.82, 2.24) is 10.2 Å². The van der Waals surface area contributed by atoms with Crippen molar-refractivity contribution in [3.8, 4) is 0 Å². The highest BCUT2D eigenvalue weighted by molar-refractivity contribution is 6.05. The number of imide groups is 1. The lowest BCUT2D eigenvalue weighted by atomic mass is 9.73. The van der Waals surface area contributed by atoms with Gasteiger partial charge in [0, 0.05) is 19.0 Å². The van der Waals surface area contributed by atoms with Crippen molar-refractivity contribution >= 4 is 11.8 Å². The first kappa shape index (κ1) is 14.1. The fourth-order valence-electron chi connectivity index (χ4n) is 4.16. The molecule has 0 aromatic rings. The van der Waals surface area contributed by atoms with Gasteiger partial charge < -0.3 is 5.32 Å². The summed E-state index contributed by atoms with van der Waals surface area (Å²) in [7, 11) is 0. The molecule has 2 saturated heterocycles. The van der Waals surface area contributed by atoms with Crippen molar-refractivity contribution in [1.29, 1.82) is 0 Å². The molecule has 1 aliphatic carbocycles. The standard InChI is InChI=1S/C16H26N2O2/c19-14-12-16(8-3-1-4-9-16)15(20)18(14)11-7-13-6-2-5-10-17-13/h13,17H,1-12H2. The van der Waals surface area contributed by atoms with Gasteiger partial charge in [0.15, 0.2) is 0 Å². The van der Waals surface area contributed by atoms with E-state index in [2.05, 4.69) is 5.32 Å². The Labute approximate surface area is 121 Å². The Hall–Kier alpha value is -0.900. The zero-order valence-corrected chi connectivity index (χ0v) is 12.3. The number of amides is 2. The number of hydrogen-bond acceptors (Lipinski definition) is 3. The smallest absolute Gasteiger partial charge is 0.235 e. The van der Waals surface area contributed by atoms with Crippen LogP contribution < -0.4 is 5.32 Å². The highest BCUT2D eigenvalue weighted by Crippen LogP contribution is 2.45. The van der Waals surface area contributed by atoms with Crippen molar-refractivity contribution in [3.63, 3.8) is 0 Å². The van der Waals surface area contributed by atoms with E-state index >= 15 is 0 Å². The number of rotatable bonds is 3. The van der Waals surface area contributed by atoms with Crippen LogP contribution in [0.2, 0.25) is 0 Å². The minimum absolute atomic E-state index is 0.0766. The third-order valence-corrected chi connectivity index (χ3v) is 5.41. The quantitative estimate of drug-likeness (QED) is 0.805. The molecule has 1 spiro atoms. The Bertz CT molecular complexity index is 382. The largest absolute Gasteiger partial charge is 0.314 e. The fraction of sp³-hybridized carbons (Fsp3) is 0.875. The Balaban J connectivity index is 1.58. The molecule has 3 rings (SSSR count). The summed E-state index contributed by atoms with van der Waals surface area (Å²) in [6.07, 6.45) is 10.4. The van der Waals surface area contributed by atoms with Gasteiger partial charge in [-0.1, -0.05) is 25.7 Å². The zero-order chi connectivity index (χ0) is 14.0. The van der Waals surface area contributed by atoms with E-state index < -0.39 is 0 Å². The van der Waals surface area contributed by atoms with Crippen LogP contribution in [-0.2, 0) is 9.59 Å². The molecule has 2 amide bonds. The number of carbonyl (C=O) groups excluding carboxylic acids is 2. The van der Waals surface area contributed by atoms with Gasteiger partial charge in [-0.25, -0.2) is 0 Å². The minimum Gasteiger partial charge on any atom is -0.314 e. The molecule has 2 aliphatic heterocycles. The van der Waals surface area contributed by atoms with E-state index in [0.717, 1.165) is 38.6 Å².